The maximum atomic E-state index is 11.4. The van der Waals surface area contributed by atoms with E-state index in [-0.39, 0.29) is 5.78 Å². The molecule has 0 heterocycles. The van der Waals surface area contributed by atoms with Crippen LogP contribution < -0.4 is 4.90 Å². The number of anilines is 1. The molecule has 0 spiro atoms. The molecule has 2 nitrogen and oxygen atoms in total. The molecular weight excluding hydrogens is 258 g/mol. The molecule has 0 bridgehead atoms. The topological polar surface area (TPSA) is 20.3 Å². The molecular formula is C16H22ClNO. The van der Waals surface area contributed by atoms with Crippen molar-refractivity contribution in [3.8, 4) is 0 Å². The minimum Gasteiger partial charge on any atom is -0.370 e. The number of carbonyl (C=O) groups is 1. The number of Topliss-reactive ketones (excluding diaryl/α,β-unsaturated/α-hetero) is 1. The maximum absolute atomic E-state index is 11.4. The number of nitrogens with zero attached hydrogens (tertiary/aromatic N) is 1. The van der Waals surface area contributed by atoms with E-state index in [9.17, 15) is 4.79 Å². The fourth-order valence-corrected chi connectivity index (χ4v) is 3.17. The Labute approximate surface area is 120 Å². The van der Waals surface area contributed by atoms with Crippen molar-refractivity contribution in [2.75, 3.05) is 11.9 Å². The molecule has 1 saturated carbocycles. The molecule has 0 saturated heterocycles. The molecule has 1 aromatic rings. The Kier molecular flexibility index (Phi) is 4.87. The number of carbonyl (C=O) groups excluding carboxylic acids is 1. The first-order valence-electron chi connectivity index (χ1n) is 7.13. The summed E-state index contributed by atoms with van der Waals surface area (Å²) in [5.74, 6) is 0.0607. The zero-order valence-electron chi connectivity index (χ0n) is 11.8. The third kappa shape index (κ3) is 3.50. The summed E-state index contributed by atoms with van der Waals surface area (Å²) in [6, 6.07) is 6.20. The van der Waals surface area contributed by atoms with Crippen LogP contribution in [0.2, 0.25) is 5.02 Å². The normalized spacial score (nSPS) is 17.0. The third-order valence-corrected chi connectivity index (χ3v) is 4.41. The van der Waals surface area contributed by atoms with Gasteiger partial charge in [0.15, 0.2) is 5.78 Å². The van der Waals surface area contributed by atoms with Gasteiger partial charge in [0.2, 0.25) is 0 Å². The van der Waals surface area contributed by atoms with Gasteiger partial charge in [-0.1, -0.05) is 37.3 Å². The molecule has 0 amide bonds. The summed E-state index contributed by atoms with van der Waals surface area (Å²) in [5, 5.41) is 0.680. The Morgan fingerprint density at radius 3 is 2.37 bits per heavy atom. The Balaban J connectivity index is 2.18. The van der Waals surface area contributed by atoms with Crippen LogP contribution in [0.5, 0.6) is 0 Å². The quantitative estimate of drug-likeness (QED) is 0.590. The van der Waals surface area contributed by atoms with Gasteiger partial charge < -0.3 is 4.90 Å². The van der Waals surface area contributed by atoms with Crippen molar-refractivity contribution in [3.05, 3.63) is 28.8 Å². The molecule has 0 unspecified atom stereocenters. The van der Waals surface area contributed by atoms with E-state index in [0.717, 1.165) is 5.69 Å². The summed E-state index contributed by atoms with van der Waals surface area (Å²) >= 11 is 6.33. The predicted octanol–water partition coefficient (Wildman–Crippen LogP) is 4.70. The summed E-state index contributed by atoms with van der Waals surface area (Å²) in [7, 11) is 2.12. The first-order chi connectivity index (χ1) is 9.09. The number of hydrogen-bond acceptors (Lipinski definition) is 2. The molecule has 1 fully saturated rings. The molecule has 0 N–H and O–H groups in total. The Morgan fingerprint density at radius 1 is 1.21 bits per heavy atom. The smallest absolute Gasteiger partial charge is 0.159 e. The van der Waals surface area contributed by atoms with Crippen molar-refractivity contribution in [1.82, 2.24) is 0 Å². The summed E-state index contributed by atoms with van der Waals surface area (Å²) in [6.45, 7) is 1.57. The van der Waals surface area contributed by atoms with Gasteiger partial charge in [-0.3, -0.25) is 4.79 Å². The van der Waals surface area contributed by atoms with Crippen molar-refractivity contribution in [2.24, 2.45) is 0 Å². The molecule has 104 valence electrons. The van der Waals surface area contributed by atoms with Crippen LogP contribution in [0.3, 0.4) is 0 Å². The van der Waals surface area contributed by atoms with Gasteiger partial charge in [-0.05, 0) is 38.0 Å². The van der Waals surface area contributed by atoms with E-state index in [0.29, 0.717) is 16.6 Å². The number of benzene rings is 1. The highest BCUT2D eigenvalue weighted by molar-refractivity contribution is 6.33. The van der Waals surface area contributed by atoms with Gasteiger partial charge in [0.1, 0.15) is 0 Å². The van der Waals surface area contributed by atoms with Crippen LogP contribution in [-0.4, -0.2) is 18.9 Å². The third-order valence-electron chi connectivity index (χ3n) is 4.11. The summed E-state index contributed by atoms with van der Waals surface area (Å²) in [5.41, 5.74) is 1.72. The number of hydrogen-bond donors (Lipinski definition) is 0. The summed E-state index contributed by atoms with van der Waals surface area (Å²) < 4.78 is 0. The van der Waals surface area contributed by atoms with E-state index in [1.54, 1.807) is 13.0 Å². The van der Waals surface area contributed by atoms with Crippen LogP contribution in [0.1, 0.15) is 55.8 Å². The summed E-state index contributed by atoms with van der Waals surface area (Å²) in [4.78, 5) is 13.6. The first kappa shape index (κ1) is 14.4. The minimum atomic E-state index is 0.0607. The van der Waals surface area contributed by atoms with Crippen LogP contribution in [0.4, 0.5) is 5.69 Å². The van der Waals surface area contributed by atoms with E-state index in [2.05, 4.69) is 11.9 Å². The van der Waals surface area contributed by atoms with Crippen molar-refractivity contribution >= 4 is 23.1 Å². The van der Waals surface area contributed by atoms with Crippen LogP contribution >= 0.6 is 11.6 Å². The fourth-order valence-electron chi connectivity index (χ4n) is 2.85. The summed E-state index contributed by atoms with van der Waals surface area (Å²) in [6.07, 6.45) is 7.78. The van der Waals surface area contributed by atoms with Crippen LogP contribution in [0, 0.1) is 0 Å². The lowest BCUT2D eigenvalue weighted by Gasteiger charge is -2.30. The largest absolute Gasteiger partial charge is 0.370 e. The molecule has 0 atom stereocenters. The second kappa shape index (κ2) is 6.42. The highest BCUT2D eigenvalue weighted by Gasteiger charge is 2.19. The molecule has 1 aliphatic carbocycles. The highest BCUT2D eigenvalue weighted by Crippen LogP contribution is 2.31. The van der Waals surface area contributed by atoms with Gasteiger partial charge in [-0.2, -0.15) is 0 Å². The number of ketones is 1. The van der Waals surface area contributed by atoms with Crippen LogP contribution in [-0.2, 0) is 0 Å². The van der Waals surface area contributed by atoms with Gasteiger partial charge in [-0.25, -0.2) is 0 Å². The first-order valence-corrected chi connectivity index (χ1v) is 7.50. The zero-order valence-corrected chi connectivity index (χ0v) is 12.5. The Morgan fingerprint density at radius 2 is 1.84 bits per heavy atom. The van der Waals surface area contributed by atoms with Crippen molar-refractivity contribution in [2.45, 2.75) is 51.5 Å². The Bertz CT molecular complexity index is 450. The molecule has 2 rings (SSSR count). The molecule has 1 aliphatic rings. The van der Waals surface area contributed by atoms with Gasteiger partial charge in [-0.15, -0.1) is 0 Å². The zero-order chi connectivity index (χ0) is 13.8. The average Bonchev–Trinajstić information content (AvgIpc) is 2.66. The average molecular weight is 280 g/mol. The second-order valence-electron chi connectivity index (χ2n) is 5.48. The van der Waals surface area contributed by atoms with E-state index in [1.165, 1.54) is 38.5 Å². The van der Waals surface area contributed by atoms with Crippen molar-refractivity contribution in [1.29, 1.82) is 0 Å². The molecule has 0 aliphatic heterocycles. The van der Waals surface area contributed by atoms with E-state index < -0.39 is 0 Å². The van der Waals surface area contributed by atoms with Crippen LogP contribution in [0.25, 0.3) is 0 Å². The minimum absolute atomic E-state index is 0.0607. The molecule has 19 heavy (non-hydrogen) atoms. The monoisotopic (exact) mass is 279 g/mol. The van der Waals surface area contributed by atoms with Gasteiger partial charge in [0.05, 0.1) is 10.7 Å². The molecule has 0 aromatic heterocycles. The molecule has 1 aromatic carbocycles. The van der Waals surface area contributed by atoms with E-state index >= 15 is 0 Å². The Hall–Kier alpha value is -1.02. The van der Waals surface area contributed by atoms with Crippen molar-refractivity contribution in [3.63, 3.8) is 0 Å². The lowest BCUT2D eigenvalue weighted by molar-refractivity contribution is 0.101. The predicted molar refractivity (Wildman–Crippen MR) is 81.3 cm³/mol. The fraction of sp³-hybridized carbons (Fsp3) is 0.562. The van der Waals surface area contributed by atoms with E-state index in [4.69, 9.17) is 11.6 Å². The highest BCUT2D eigenvalue weighted by atomic mass is 35.5. The second-order valence-corrected chi connectivity index (χ2v) is 5.89. The van der Waals surface area contributed by atoms with Gasteiger partial charge in [0, 0.05) is 18.7 Å². The standard InChI is InChI=1S/C16H22ClNO/c1-12(19)13-9-10-16(15(17)11-13)18(2)14-7-5-3-4-6-8-14/h9-11,14H,3-8H2,1-2H3. The lowest BCUT2D eigenvalue weighted by atomic mass is 10.1. The number of rotatable bonds is 3. The van der Waals surface area contributed by atoms with Crippen molar-refractivity contribution < 1.29 is 4.79 Å². The van der Waals surface area contributed by atoms with E-state index in [1.807, 2.05) is 12.1 Å². The SMILES string of the molecule is CC(=O)c1ccc(N(C)C2CCCCCC2)c(Cl)c1. The van der Waals surface area contributed by atoms with Gasteiger partial charge in [0.25, 0.3) is 0 Å². The van der Waals surface area contributed by atoms with Crippen LogP contribution in [0.15, 0.2) is 18.2 Å². The maximum Gasteiger partial charge on any atom is 0.159 e. The molecule has 0 radical (unpaired) electrons. The lowest BCUT2D eigenvalue weighted by Crippen LogP contribution is -2.31. The molecule has 3 heteroatoms. The van der Waals surface area contributed by atoms with Gasteiger partial charge >= 0.3 is 0 Å². The number of halogens is 1.